The maximum absolute atomic E-state index is 12.4. The number of hydrogen-bond donors (Lipinski definition) is 1. The lowest BCUT2D eigenvalue weighted by atomic mass is 10.0. The van der Waals surface area contributed by atoms with E-state index in [0.717, 1.165) is 11.1 Å². The Balaban J connectivity index is 1.81. The van der Waals surface area contributed by atoms with Crippen molar-refractivity contribution in [2.45, 2.75) is 19.9 Å². The summed E-state index contributed by atoms with van der Waals surface area (Å²) in [6.07, 6.45) is 0.674. The van der Waals surface area contributed by atoms with Crippen molar-refractivity contribution < 1.29 is 13.2 Å². The highest BCUT2D eigenvalue weighted by atomic mass is 35.5. The van der Waals surface area contributed by atoms with Crippen LogP contribution in [0.2, 0.25) is 5.02 Å². The summed E-state index contributed by atoms with van der Waals surface area (Å²) in [5, 5.41) is 3.21. The number of hydrogen-bond acceptors (Lipinski definition) is 3. The minimum atomic E-state index is -3.22. The van der Waals surface area contributed by atoms with E-state index in [1.165, 1.54) is 4.31 Å². The molecule has 1 aliphatic heterocycles. The van der Waals surface area contributed by atoms with Gasteiger partial charge in [0.05, 0.1) is 16.3 Å². The summed E-state index contributed by atoms with van der Waals surface area (Å²) in [5.74, 6) is -0.204. The topological polar surface area (TPSA) is 66.5 Å². The van der Waals surface area contributed by atoms with E-state index in [1.54, 1.807) is 31.2 Å². The third-order valence-corrected chi connectivity index (χ3v) is 6.48. The van der Waals surface area contributed by atoms with Gasteiger partial charge in [-0.05, 0) is 48.7 Å². The maximum Gasteiger partial charge on any atom is 0.257 e. The Labute approximate surface area is 152 Å². The van der Waals surface area contributed by atoms with E-state index in [0.29, 0.717) is 35.8 Å². The maximum atomic E-state index is 12.4. The Bertz CT molecular complexity index is 912. The summed E-state index contributed by atoms with van der Waals surface area (Å²) < 4.78 is 25.7. The van der Waals surface area contributed by atoms with Gasteiger partial charge in [0.15, 0.2) is 0 Å². The van der Waals surface area contributed by atoms with Gasteiger partial charge in [-0.3, -0.25) is 4.79 Å². The lowest BCUT2D eigenvalue weighted by molar-refractivity contribution is 0.102. The highest BCUT2D eigenvalue weighted by Crippen LogP contribution is 2.25. The predicted molar refractivity (Wildman–Crippen MR) is 99.4 cm³/mol. The molecule has 0 fully saturated rings. The molecule has 0 aliphatic carbocycles. The molecule has 0 radical (unpaired) electrons. The molecule has 2 aromatic rings. The fraction of sp³-hybridized carbons (Fsp3) is 0.278. The van der Waals surface area contributed by atoms with Crippen LogP contribution in [0.15, 0.2) is 42.5 Å². The van der Waals surface area contributed by atoms with Gasteiger partial charge in [-0.1, -0.05) is 29.8 Å². The summed E-state index contributed by atoms with van der Waals surface area (Å²) in [6, 6.07) is 12.4. The Morgan fingerprint density at radius 3 is 2.68 bits per heavy atom. The molecule has 5 nitrogen and oxygen atoms in total. The molecule has 2 aromatic carbocycles. The monoisotopic (exact) mass is 378 g/mol. The largest absolute Gasteiger partial charge is 0.322 e. The molecule has 132 valence electrons. The highest BCUT2D eigenvalue weighted by Gasteiger charge is 2.25. The van der Waals surface area contributed by atoms with Gasteiger partial charge in [-0.25, -0.2) is 8.42 Å². The lowest BCUT2D eigenvalue weighted by Crippen LogP contribution is -2.36. The summed E-state index contributed by atoms with van der Waals surface area (Å²) >= 11 is 6.05. The van der Waals surface area contributed by atoms with Gasteiger partial charge in [-0.15, -0.1) is 0 Å². The Hall–Kier alpha value is -1.89. The van der Waals surface area contributed by atoms with Crippen LogP contribution in [0.4, 0.5) is 5.69 Å². The minimum absolute atomic E-state index is 0.0886. The number of rotatable bonds is 4. The normalized spacial score (nSPS) is 14.8. The van der Waals surface area contributed by atoms with E-state index in [1.807, 2.05) is 18.2 Å². The average Bonchev–Trinajstić information content (AvgIpc) is 2.61. The number of nitrogens with zero attached hydrogens (tertiary/aromatic N) is 1. The van der Waals surface area contributed by atoms with Crippen molar-refractivity contribution in [3.8, 4) is 0 Å². The summed E-state index contributed by atoms with van der Waals surface area (Å²) in [5.41, 5.74) is 3.05. The van der Waals surface area contributed by atoms with Gasteiger partial charge in [0.2, 0.25) is 10.0 Å². The number of benzene rings is 2. The molecule has 0 spiro atoms. The third kappa shape index (κ3) is 3.86. The zero-order chi connectivity index (χ0) is 18.0. The molecule has 0 atom stereocenters. The van der Waals surface area contributed by atoms with Crippen LogP contribution in [0.3, 0.4) is 0 Å². The van der Waals surface area contributed by atoms with Crippen LogP contribution < -0.4 is 5.32 Å². The van der Waals surface area contributed by atoms with E-state index >= 15 is 0 Å². The average molecular weight is 379 g/mol. The Morgan fingerprint density at radius 1 is 1.20 bits per heavy atom. The van der Waals surface area contributed by atoms with Gasteiger partial charge in [-0.2, -0.15) is 4.31 Å². The van der Waals surface area contributed by atoms with E-state index < -0.39 is 10.0 Å². The summed E-state index contributed by atoms with van der Waals surface area (Å²) in [7, 11) is -3.22. The second-order valence-corrected chi connectivity index (χ2v) is 8.57. The molecule has 25 heavy (non-hydrogen) atoms. The molecule has 0 aromatic heterocycles. The van der Waals surface area contributed by atoms with Gasteiger partial charge >= 0.3 is 0 Å². The lowest BCUT2D eigenvalue weighted by Gasteiger charge is -2.28. The number of nitrogens with one attached hydrogen (secondary N) is 1. The first-order valence-corrected chi connectivity index (χ1v) is 10.0. The first-order chi connectivity index (χ1) is 11.9. The minimum Gasteiger partial charge on any atom is -0.322 e. The number of halogens is 1. The molecule has 3 rings (SSSR count). The zero-order valence-electron chi connectivity index (χ0n) is 13.8. The van der Waals surface area contributed by atoms with Crippen molar-refractivity contribution in [3.05, 3.63) is 64.2 Å². The Morgan fingerprint density at radius 2 is 1.96 bits per heavy atom. The van der Waals surface area contributed by atoms with Crippen LogP contribution in [0.1, 0.15) is 28.4 Å². The molecule has 0 saturated carbocycles. The van der Waals surface area contributed by atoms with Crippen molar-refractivity contribution in [1.82, 2.24) is 4.31 Å². The van der Waals surface area contributed by atoms with Crippen molar-refractivity contribution in [3.63, 3.8) is 0 Å². The van der Waals surface area contributed by atoms with Gasteiger partial charge in [0.25, 0.3) is 5.91 Å². The smallest absolute Gasteiger partial charge is 0.257 e. The van der Waals surface area contributed by atoms with Crippen molar-refractivity contribution in [2.75, 3.05) is 17.6 Å². The quantitative estimate of drug-likeness (QED) is 0.887. The summed E-state index contributed by atoms with van der Waals surface area (Å²) in [6.45, 7) is 2.47. The van der Waals surface area contributed by atoms with Crippen LogP contribution in [0.5, 0.6) is 0 Å². The third-order valence-electron chi connectivity index (χ3n) is 4.32. The Kier molecular flexibility index (Phi) is 5.13. The molecular weight excluding hydrogens is 360 g/mol. The van der Waals surface area contributed by atoms with Gasteiger partial charge in [0, 0.05) is 18.8 Å². The van der Waals surface area contributed by atoms with Crippen LogP contribution in [-0.2, 0) is 23.0 Å². The molecule has 1 aliphatic rings. The second-order valence-electron chi connectivity index (χ2n) is 5.90. The fourth-order valence-electron chi connectivity index (χ4n) is 2.87. The molecule has 0 bridgehead atoms. The molecule has 0 saturated heterocycles. The molecule has 1 heterocycles. The summed E-state index contributed by atoms with van der Waals surface area (Å²) in [4.78, 5) is 12.4. The predicted octanol–water partition coefficient (Wildman–Crippen LogP) is 3.30. The van der Waals surface area contributed by atoms with Crippen molar-refractivity contribution in [1.29, 1.82) is 0 Å². The van der Waals surface area contributed by atoms with Crippen molar-refractivity contribution >= 4 is 33.2 Å². The standard InChI is InChI=1S/C18H19ClN2O3S/c1-2-25(23,24)21-10-9-13-7-8-15(11-14(13)12-21)20-18(22)16-5-3-4-6-17(16)19/h3-8,11H,2,9-10,12H2,1H3,(H,20,22). The number of amides is 1. The van der Waals surface area contributed by atoms with Crippen LogP contribution in [0, 0.1) is 0 Å². The van der Waals surface area contributed by atoms with Gasteiger partial charge < -0.3 is 5.32 Å². The number of carbonyl (C=O) groups excluding carboxylic acids is 1. The SMILES string of the molecule is CCS(=O)(=O)N1CCc2ccc(NC(=O)c3ccccc3Cl)cc2C1. The van der Waals surface area contributed by atoms with Crippen LogP contribution >= 0.6 is 11.6 Å². The van der Waals surface area contributed by atoms with Crippen molar-refractivity contribution in [2.24, 2.45) is 0 Å². The highest BCUT2D eigenvalue weighted by molar-refractivity contribution is 7.89. The first-order valence-electron chi connectivity index (χ1n) is 8.06. The van der Waals surface area contributed by atoms with E-state index in [2.05, 4.69) is 5.32 Å². The second kappa shape index (κ2) is 7.15. The number of fused-ring (bicyclic) bond motifs is 1. The van der Waals surface area contributed by atoms with E-state index in [-0.39, 0.29) is 11.7 Å². The molecule has 7 heteroatoms. The fourth-order valence-corrected chi connectivity index (χ4v) is 4.16. The molecule has 1 amide bonds. The zero-order valence-corrected chi connectivity index (χ0v) is 15.4. The number of sulfonamides is 1. The first kappa shape index (κ1) is 17.9. The van der Waals surface area contributed by atoms with Crippen LogP contribution in [-0.4, -0.2) is 30.9 Å². The van der Waals surface area contributed by atoms with Gasteiger partial charge in [0.1, 0.15) is 0 Å². The number of carbonyl (C=O) groups is 1. The molecule has 0 unspecified atom stereocenters. The van der Waals surface area contributed by atoms with E-state index in [4.69, 9.17) is 11.6 Å². The number of anilines is 1. The molecular formula is C18H19ClN2O3S. The van der Waals surface area contributed by atoms with E-state index in [9.17, 15) is 13.2 Å². The van der Waals surface area contributed by atoms with Crippen LogP contribution in [0.25, 0.3) is 0 Å². The molecule has 1 N–H and O–H groups in total.